The van der Waals surface area contributed by atoms with Crippen molar-refractivity contribution in [2.45, 2.75) is 32.8 Å². The minimum absolute atomic E-state index is 0.184. The molecule has 1 N–H and O–H groups in total. The van der Waals surface area contributed by atoms with E-state index in [1.807, 2.05) is 20.8 Å². The number of aromatic nitrogens is 1. The van der Waals surface area contributed by atoms with Gasteiger partial charge in [0.25, 0.3) is 5.91 Å². The van der Waals surface area contributed by atoms with E-state index in [1.54, 1.807) is 42.5 Å². The van der Waals surface area contributed by atoms with Crippen LogP contribution in [0.3, 0.4) is 0 Å². The Bertz CT molecular complexity index is 927. The minimum Gasteiger partial charge on any atom is -0.489 e. The van der Waals surface area contributed by atoms with Crippen LogP contribution in [0, 0.1) is 5.82 Å². The molecule has 0 aliphatic heterocycles. The predicted octanol–water partition coefficient (Wildman–Crippen LogP) is 4.94. The Morgan fingerprint density at radius 1 is 1.15 bits per heavy atom. The van der Waals surface area contributed by atoms with Crippen LogP contribution in [0.2, 0.25) is 0 Å². The number of halogens is 1. The zero-order chi connectivity index (χ0) is 19.4. The Kier molecular flexibility index (Phi) is 5.26. The van der Waals surface area contributed by atoms with Gasteiger partial charge in [-0.25, -0.2) is 4.39 Å². The summed E-state index contributed by atoms with van der Waals surface area (Å²) in [5.74, 6) is 1.06. The number of rotatable bonds is 5. The minimum atomic E-state index is -0.300. The van der Waals surface area contributed by atoms with E-state index >= 15 is 0 Å². The molecule has 0 fully saturated rings. The Morgan fingerprint density at radius 3 is 2.52 bits per heavy atom. The first kappa shape index (κ1) is 18.6. The summed E-state index contributed by atoms with van der Waals surface area (Å²) in [6.07, 6.45) is 0. The van der Waals surface area contributed by atoms with Gasteiger partial charge in [-0.1, -0.05) is 38.1 Å². The maximum atomic E-state index is 13.2. The number of hydrogen-bond acceptors (Lipinski definition) is 4. The molecule has 0 radical (unpaired) electrons. The Hall–Kier alpha value is -3.15. The highest BCUT2D eigenvalue weighted by molar-refractivity contribution is 6.03. The van der Waals surface area contributed by atoms with Crippen LogP contribution in [0.1, 0.15) is 42.5 Å². The number of hydrogen-bond donors (Lipinski definition) is 1. The van der Waals surface area contributed by atoms with Gasteiger partial charge < -0.3 is 14.6 Å². The lowest BCUT2D eigenvalue weighted by atomic mass is 9.93. The summed E-state index contributed by atoms with van der Waals surface area (Å²) in [6.45, 7) is 6.25. The molecule has 1 amide bonds. The van der Waals surface area contributed by atoms with Crippen molar-refractivity contribution in [3.63, 3.8) is 0 Å². The molecule has 1 aromatic heterocycles. The van der Waals surface area contributed by atoms with Crippen molar-refractivity contribution in [1.29, 1.82) is 0 Å². The van der Waals surface area contributed by atoms with E-state index in [0.717, 1.165) is 5.56 Å². The van der Waals surface area contributed by atoms with Crippen LogP contribution >= 0.6 is 0 Å². The number of carbonyl (C=O) groups is 1. The fraction of sp³-hybridized carbons (Fsp3) is 0.238. The Morgan fingerprint density at radius 2 is 1.89 bits per heavy atom. The molecule has 0 bridgehead atoms. The first-order chi connectivity index (χ1) is 12.8. The van der Waals surface area contributed by atoms with Gasteiger partial charge in [-0.05, 0) is 42.0 Å². The predicted molar refractivity (Wildman–Crippen MR) is 100 cm³/mol. The quantitative estimate of drug-likeness (QED) is 0.693. The molecule has 140 valence electrons. The fourth-order valence-electron chi connectivity index (χ4n) is 2.37. The Balaban J connectivity index is 1.59. The first-order valence-corrected chi connectivity index (χ1v) is 8.57. The SMILES string of the molecule is CC(C)(C)c1cc(NC(=O)c2ccc(OCc3cccc(F)c3)cc2)no1. The molecule has 5 nitrogen and oxygen atoms in total. The van der Waals surface area contributed by atoms with E-state index in [2.05, 4.69) is 10.5 Å². The molecule has 0 atom stereocenters. The van der Waals surface area contributed by atoms with Crippen molar-refractivity contribution in [2.75, 3.05) is 5.32 Å². The molecular weight excluding hydrogens is 347 g/mol. The molecule has 0 aliphatic rings. The number of benzene rings is 2. The lowest BCUT2D eigenvalue weighted by molar-refractivity contribution is 0.102. The first-order valence-electron chi connectivity index (χ1n) is 8.57. The van der Waals surface area contributed by atoms with E-state index in [0.29, 0.717) is 22.9 Å². The van der Waals surface area contributed by atoms with Crippen LogP contribution < -0.4 is 10.1 Å². The highest BCUT2D eigenvalue weighted by Crippen LogP contribution is 2.24. The third kappa shape index (κ3) is 4.94. The van der Waals surface area contributed by atoms with E-state index in [-0.39, 0.29) is 23.7 Å². The summed E-state index contributed by atoms with van der Waals surface area (Å²) in [6, 6.07) is 14.6. The summed E-state index contributed by atoms with van der Waals surface area (Å²) < 4.78 is 24.0. The maximum absolute atomic E-state index is 13.2. The summed E-state index contributed by atoms with van der Waals surface area (Å²) in [4.78, 5) is 12.3. The summed E-state index contributed by atoms with van der Waals surface area (Å²) in [5.41, 5.74) is 1.02. The zero-order valence-corrected chi connectivity index (χ0v) is 15.5. The second-order valence-electron chi connectivity index (χ2n) is 7.22. The van der Waals surface area contributed by atoms with Gasteiger partial charge in [-0.2, -0.15) is 0 Å². The van der Waals surface area contributed by atoms with Crippen LogP contribution in [0.15, 0.2) is 59.1 Å². The molecule has 6 heteroatoms. The second kappa shape index (κ2) is 7.61. The van der Waals surface area contributed by atoms with Crippen molar-refractivity contribution in [1.82, 2.24) is 5.16 Å². The molecule has 0 spiro atoms. The van der Waals surface area contributed by atoms with Crippen molar-refractivity contribution in [2.24, 2.45) is 0 Å². The van der Waals surface area contributed by atoms with Crippen LogP contribution in [0.5, 0.6) is 5.75 Å². The highest BCUT2D eigenvalue weighted by Gasteiger charge is 2.20. The standard InChI is InChI=1S/C21H21FN2O3/c1-21(2,3)18-12-19(24-27-18)23-20(25)15-7-9-17(10-8-15)26-13-14-5-4-6-16(22)11-14/h4-12H,13H2,1-3H3,(H,23,24,25). The van der Waals surface area contributed by atoms with Crippen LogP contribution in [-0.4, -0.2) is 11.1 Å². The molecule has 3 rings (SSSR count). The van der Waals surface area contributed by atoms with Gasteiger partial charge in [-0.3, -0.25) is 4.79 Å². The molecule has 0 unspecified atom stereocenters. The molecule has 0 saturated carbocycles. The molecule has 2 aromatic carbocycles. The smallest absolute Gasteiger partial charge is 0.256 e. The largest absolute Gasteiger partial charge is 0.489 e. The number of carbonyl (C=O) groups excluding carboxylic acids is 1. The summed E-state index contributed by atoms with van der Waals surface area (Å²) in [5, 5.41) is 6.58. The van der Waals surface area contributed by atoms with Gasteiger partial charge in [0, 0.05) is 17.0 Å². The maximum Gasteiger partial charge on any atom is 0.256 e. The average Bonchev–Trinajstić information content (AvgIpc) is 3.09. The molecular formula is C21H21FN2O3. The van der Waals surface area contributed by atoms with Gasteiger partial charge in [0.2, 0.25) is 0 Å². The van der Waals surface area contributed by atoms with Crippen LogP contribution in [0.25, 0.3) is 0 Å². The summed E-state index contributed by atoms with van der Waals surface area (Å²) >= 11 is 0. The average molecular weight is 368 g/mol. The van der Waals surface area contributed by atoms with Gasteiger partial charge >= 0.3 is 0 Å². The van der Waals surface area contributed by atoms with Gasteiger partial charge in [0.05, 0.1) is 0 Å². The van der Waals surface area contributed by atoms with Crippen molar-refractivity contribution in [3.8, 4) is 5.75 Å². The number of anilines is 1. The van der Waals surface area contributed by atoms with Crippen molar-refractivity contribution >= 4 is 11.7 Å². The van der Waals surface area contributed by atoms with E-state index in [1.165, 1.54) is 12.1 Å². The monoisotopic (exact) mass is 368 g/mol. The van der Waals surface area contributed by atoms with Gasteiger partial charge in [-0.15, -0.1) is 0 Å². The van der Waals surface area contributed by atoms with E-state index in [9.17, 15) is 9.18 Å². The van der Waals surface area contributed by atoms with E-state index in [4.69, 9.17) is 9.26 Å². The lowest BCUT2D eigenvalue weighted by Crippen LogP contribution is -2.12. The molecule has 0 saturated heterocycles. The normalized spacial score (nSPS) is 11.3. The highest BCUT2D eigenvalue weighted by atomic mass is 19.1. The van der Waals surface area contributed by atoms with Crippen molar-refractivity contribution < 1.29 is 18.4 Å². The zero-order valence-electron chi connectivity index (χ0n) is 15.5. The number of amides is 1. The molecule has 1 heterocycles. The molecule has 27 heavy (non-hydrogen) atoms. The van der Waals surface area contributed by atoms with Crippen molar-refractivity contribution in [3.05, 3.63) is 77.3 Å². The van der Waals surface area contributed by atoms with E-state index < -0.39 is 0 Å². The van der Waals surface area contributed by atoms with Crippen LogP contribution in [-0.2, 0) is 12.0 Å². The van der Waals surface area contributed by atoms with Crippen LogP contribution in [0.4, 0.5) is 10.2 Å². The molecule has 0 aliphatic carbocycles. The second-order valence-corrected chi connectivity index (χ2v) is 7.22. The fourth-order valence-corrected chi connectivity index (χ4v) is 2.37. The topological polar surface area (TPSA) is 64.4 Å². The van der Waals surface area contributed by atoms with Gasteiger partial charge in [0.1, 0.15) is 23.9 Å². The number of ether oxygens (including phenoxy) is 1. The third-order valence-corrected chi connectivity index (χ3v) is 3.90. The number of nitrogens with zero attached hydrogens (tertiary/aromatic N) is 1. The number of nitrogens with one attached hydrogen (secondary N) is 1. The lowest BCUT2D eigenvalue weighted by Gasteiger charge is -2.12. The molecule has 3 aromatic rings. The van der Waals surface area contributed by atoms with Gasteiger partial charge in [0.15, 0.2) is 5.82 Å². The third-order valence-electron chi connectivity index (χ3n) is 3.90. The summed E-state index contributed by atoms with van der Waals surface area (Å²) in [7, 11) is 0. The Labute approximate surface area is 157 Å².